The Labute approximate surface area is 201 Å². The van der Waals surface area contributed by atoms with Gasteiger partial charge in [0, 0.05) is 19.5 Å². The third-order valence-electron chi connectivity index (χ3n) is 5.61. The Morgan fingerprint density at radius 2 is 1.82 bits per heavy atom. The highest BCUT2D eigenvalue weighted by Crippen LogP contribution is 2.26. The number of hydrogen-bond acceptors (Lipinski definition) is 7. The Bertz CT molecular complexity index is 1070. The van der Waals surface area contributed by atoms with Crippen molar-refractivity contribution in [3.8, 4) is 0 Å². The maximum atomic E-state index is 13.5. The summed E-state index contributed by atoms with van der Waals surface area (Å²) in [6.07, 6.45) is 0.424. The molecule has 1 aliphatic rings. The fourth-order valence-corrected chi connectivity index (χ4v) is 5.19. The SMILES string of the molecule is CCOC(=O)N(N)c1cccc(CN(CCCC2(C)OCCO2)S(=O)(=O)c2ccc(C)cc2)c1. The highest BCUT2D eigenvalue weighted by Gasteiger charge is 2.32. The second-order valence-corrected chi connectivity index (χ2v) is 10.3. The number of nitrogens with zero attached hydrogens (tertiary/aromatic N) is 2. The number of amides is 1. The van der Waals surface area contributed by atoms with E-state index in [1.807, 2.05) is 13.8 Å². The standard InChI is InChI=1S/C24H33N3O6S/c1-4-31-23(28)27(25)21-8-5-7-20(17-21)18-26(14-6-13-24(3)32-15-16-33-24)34(29,30)22-11-9-19(2)10-12-22/h5,7-12,17H,4,6,13-16,18,25H2,1-3H3. The molecule has 0 aliphatic carbocycles. The Morgan fingerprint density at radius 3 is 2.47 bits per heavy atom. The average molecular weight is 492 g/mol. The average Bonchev–Trinajstić information content (AvgIpc) is 3.25. The lowest BCUT2D eigenvalue weighted by Gasteiger charge is -2.26. The minimum atomic E-state index is -3.77. The molecule has 1 amide bonds. The number of ether oxygens (including phenoxy) is 3. The molecule has 9 nitrogen and oxygen atoms in total. The van der Waals surface area contributed by atoms with Crippen LogP contribution in [-0.4, -0.2) is 51.0 Å². The van der Waals surface area contributed by atoms with Crippen molar-refractivity contribution in [2.45, 2.75) is 50.8 Å². The molecule has 2 N–H and O–H groups in total. The van der Waals surface area contributed by atoms with E-state index in [4.69, 9.17) is 20.1 Å². The molecule has 1 heterocycles. The Morgan fingerprint density at radius 1 is 1.15 bits per heavy atom. The molecular formula is C24H33N3O6S. The van der Waals surface area contributed by atoms with Gasteiger partial charge in [0.1, 0.15) is 0 Å². The van der Waals surface area contributed by atoms with Gasteiger partial charge in [0.25, 0.3) is 0 Å². The van der Waals surface area contributed by atoms with Gasteiger partial charge < -0.3 is 14.2 Å². The third kappa shape index (κ3) is 6.55. The van der Waals surface area contributed by atoms with E-state index in [9.17, 15) is 13.2 Å². The van der Waals surface area contributed by atoms with Gasteiger partial charge in [-0.25, -0.2) is 24.1 Å². The molecule has 0 bridgehead atoms. The van der Waals surface area contributed by atoms with Gasteiger partial charge in [-0.2, -0.15) is 4.31 Å². The van der Waals surface area contributed by atoms with Crippen molar-refractivity contribution in [3.05, 3.63) is 59.7 Å². The first kappa shape index (κ1) is 26.1. The van der Waals surface area contributed by atoms with Gasteiger partial charge in [0.2, 0.25) is 10.0 Å². The van der Waals surface area contributed by atoms with Crippen LogP contribution in [0.25, 0.3) is 0 Å². The van der Waals surface area contributed by atoms with Gasteiger partial charge in [-0.15, -0.1) is 0 Å². The van der Waals surface area contributed by atoms with Crippen LogP contribution in [0.3, 0.4) is 0 Å². The number of benzene rings is 2. The molecule has 0 aromatic heterocycles. The van der Waals surface area contributed by atoms with E-state index in [1.165, 1.54) is 4.31 Å². The van der Waals surface area contributed by atoms with Gasteiger partial charge in [-0.1, -0.05) is 29.8 Å². The molecule has 0 atom stereocenters. The van der Waals surface area contributed by atoms with Gasteiger partial charge in [-0.05, 0) is 57.0 Å². The molecule has 2 aromatic carbocycles. The molecule has 2 aromatic rings. The van der Waals surface area contributed by atoms with Crippen molar-refractivity contribution in [1.29, 1.82) is 0 Å². The summed E-state index contributed by atoms with van der Waals surface area (Å²) >= 11 is 0. The lowest BCUT2D eigenvalue weighted by Crippen LogP contribution is -2.38. The van der Waals surface area contributed by atoms with E-state index in [1.54, 1.807) is 55.5 Å². The topological polar surface area (TPSA) is 111 Å². The van der Waals surface area contributed by atoms with Crippen LogP contribution >= 0.6 is 0 Å². The number of aryl methyl sites for hydroxylation is 1. The van der Waals surface area contributed by atoms with E-state index in [0.29, 0.717) is 37.3 Å². The van der Waals surface area contributed by atoms with E-state index >= 15 is 0 Å². The molecule has 1 fully saturated rings. The molecule has 0 radical (unpaired) electrons. The van der Waals surface area contributed by atoms with Crippen LogP contribution in [0.15, 0.2) is 53.4 Å². The van der Waals surface area contributed by atoms with Crippen molar-refractivity contribution >= 4 is 21.8 Å². The highest BCUT2D eigenvalue weighted by atomic mass is 32.2. The second kappa shape index (κ2) is 11.3. The van der Waals surface area contributed by atoms with E-state index in [2.05, 4.69) is 0 Å². The van der Waals surface area contributed by atoms with Gasteiger partial charge in [0.15, 0.2) is 5.79 Å². The van der Waals surface area contributed by atoms with E-state index < -0.39 is 21.9 Å². The first-order valence-electron chi connectivity index (χ1n) is 11.3. The number of sulfonamides is 1. The summed E-state index contributed by atoms with van der Waals surface area (Å²) in [7, 11) is -3.77. The van der Waals surface area contributed by atoms with Crippen molar-refractivity contribution < 1.29 is 27.4 Å². The second-order valence-electron chi connectivity index (χ2n) is 8.32. The molecule has 0 spiro atoms. The molecule has 10 heteroatoms. The number of carbonyl (C=O) groups excluding carboxylic acids is 1. The summed E-state index contributed by atoms with van der Waals surface area (Å²) in [5.41, 5.74) is 2.07. The maximum Gasteiger partial charge on any atom is 0.428 e. The summed E-state index contributed by atoms with van der Waals surface area (Å²) in [5.74, 6) is 5.18. The summed E-state index contributed by atoms with van der Waals surface area (Å²) in [4.78, 5) is 12.2. The van der Waals surface area contributed by atoms with Gasteiger partial charge in [-0.3, -0.25) is 0 Å². The Kier molecular flexibility index (Phi) is 8.67. The summed E-state index contributed by atoms with van der Waals surface area (Å²) in [6, 6.07) is 13.6. The number of nitrogens with two attached hydrogens (primary N) is 1. The van der Waals surface area contributed by atoms with Crippen LogP contribution in [0.4, 0.5) is 10.5 Å². The minimum Gasteiger partial charge on any atom is -0.449 e. The Balaban J connectivity index is 1.82. The van der Waals surface area contributed by atoms with Crippen molar-refractivity contribution in [3.63, 3.8) is 0 Å². The Hall–Kier alpha value is -2.50. The predicted octanol–water partition coefficient (Wildman–Crippen LogP) is 3.57. The van der Waals surface area contributed by atoms with E-state index in [0.717, 1.165) is 10.6 Å². The molecule has 0 unspecified atom stereocenters. The lowest BCUT2D eigenvalue weighted by atomic mass is 10.1. The number of hydrazine groups is 1. The maximum absolute atomic E-state index is 13.5. The largest absolute Gasteiger partial charge is 0.449 e. The fourth-order valence-electron chi connectivity index (χ4n) is 3.73. The third-order valence-corrected chi connectivity index (χ3v) is 7.47. The number of carbonyl (C=O) groups is 1. The van der Waals surface area contributed by atoms with E-state index in [-0.39, 0.29) is 24.6 Å². The molecule has 1 aliphatic heterocycles. The van der Waals surface area contributed by atoms with Crippen LogP contribution in [-0.2, 0) is 30.8 Å². The summed E-state index contributed by atoms with van der Waals surface area (Å²) in [6.45, 7) is 7.11. The summed E-state index contributed by atoms with van der Waals surface area (Å²) in [5, 5.41) is 0.904. The monoisotopic (exact) mass is 491 g/mol. The first-order chi connectivity index (χ1) is 16.1. The quantitative estimate of drug-likeness (QED) is 0.307. The first-order valence-corrected chi connectivity index (χ1v) is 12.7. The number of hydrogen-bond donors (Lipinski definition) is 1. The molecule has 0 saturated carbocycles. The normalized spacial score (nSPS) is 15.4. The van der Waals surface area contributed by atoms with Gasteiger partial charge >= 0.3 is 6.09 Å². The molecular weight excluding hydrogens is 458 g/mol. The fraction of sp³-hybridized carbons (Fsp3) is 0.458. The van der Waals surface area contributed by atoms with Crippen molar-refractivity contribution in [1.82, 2.24) is 4.31 Å². The predicted molar refractivity (Wildman–Crippen MR) is 128 cm³/mol. The van der Waals surface area contributed by atoms with Crippen LogP contribution in [0, 0.1) is 6.92 Å². The minimum absolute atomic E-state index is 0.110. The van der Waals surface area contributed by atoms with Crippen molar-refractivity contribution in [2.75, 3.05) is 31.4 Å². The highest BCUT2D eigenvalue weighted by molar-refractivity contribution is 7.89. The molecule has 1 saturated heterocycles. The van der Waals surface area contributed by atoms with Crippen LogP contribution in [0.1, 0.15) is 37.8 Å². The van der Waals surface area contributed by atoms with Gasteiger partial charge in [0.05, 0.1) is 30.4 Å². The van der Waals surface area contributed by atoms with Crippen LogP contribution in [0.5, 0.6) is 0 Å². The van der Waals surface area contributed by atoms with Crippen LogP contribution < -0.4 is 10.9 Å². The smallest absolute Gasteiger partial charge is 0.428 e. The van der Waals surface area contributed by atoms with Crippen molar-refractivity contribution in [2.24, 2.45) is 5.84 Å². The lowest BCUT2D eigenvalue weighted by molar-refractivity contribution is -0.147. The zero-order chi connectivity index (χ0) is 24.8. The summed E-state index contributed by atoms with van der Waals surface area (Å²) < 4.78 is 44.7. The zero-order valence-electron chi connectivity index (χ0n) is 19.9. The molecule has 186 valence electrons. The molecule has 34 heavy (non-hydrogen) atoms. The van der Waals surface area contributed by atoms with Crippen LogP contribution in [0.2, 0.25) is 0 Å². The number of rotatable bonds is 10. The zero-order valence-corrected chi connectivity index (χ0v) is 20.7. The molecule has 3 rings (SSSR count). The number of anilines is 1.